The first-order chi connectivity index (χ1) is 5.12. The van der Waals surface area contributed by atoms with Gasteiger partial charge in [0.05, 0.1) is 8.99 Å². The minimum absolute atomic E-state index is 0.555. The van der Waals surface area contributed by atoms with Gasteiger partial charge in [0.1, 0.15) is 0 Å². The molecular weight excluding hydrogens is 272 g/mol. The van der Waals surface area contributed by atoms with Gasteiger partial charge in [0.25, 0.3) is 0 Å². The fourth-order valence-electron chi connectivity index (χ4n) is 1.51. The van der Waals surface area contributed by atoms with Crippen molar-refractivity contribution in [2.24, 2.45) is 0 Å². The Bertz CT molecular complexity index is 155. The van der Waals surface area contributed by atoms with Gasteiger partial charge < -0.3 is 5.11 Å². The summed E-state index contributed by atoms with van der Waals surface area (Å²) in [6.45, 7) is 0. The lowest BCUT2D eigenvalue weighted by Crippen LogP contribution is -2.28. The molecule has 0 radical (unpaired) electrons. The lowest BCUT2D eigenvalue weighted by molar-refractivity contribution is 0.0514. The molecule has 1 rings (SSSR count). The normalized spacial score (nSPS) is 22.8. The molecule has 0 amide bonds. The van der Waals surface area contributed by atoms with E-state index in [2.05, 4.69) is 31.9 Å². The highest BCUT2D eigenvalue weighted by molar-refractivity contribution is 9.28. The molecule has 0 bridgehead atoms. The maximum Gasteiger partial charge on any atom is 0.0846 e. The van der Waals surface area contributed by atoms with E-state index >= 15 is 0 Å². The summed E-state index contributed by atoms with van der Waals surface area (Å²) in [5, 5.41) is 9.91. The Morgan fingerprint density at radius 2 is 1.73 bits per heavy atom. The van der Waals surface area contributed by atoms with Gasteiger partial charge in [-0.3, -0.25) is 0 Å². The van der Waals surface area contributed by atoms with Crippen molar-refractivity contribution in [1.82, 2.24) is 0 Å². The van der Waals surface area contributed by atoms with Crippen LogP contribution in [0.15, 0.2) is 9.47 Å². The van der Waals surface area contributed by atoms with Crippen LogP contribution in [0.3, 0.4) is 0 Å². The van der Waals surface area contributed by atoms with Crippen LogP contribution in [0.2, 0.25) is 0 Å². The molecule has 64 valence electrons. The van der Waals surface area contributed by atoms with E-state index in [1.165, 1.54) is 6.42 Å². The van der Waals surface area contributed by atoms with E-state index in [4.69, 9.17) is 0 Å². The quantitative estimate of drug-likeness (QED) is 0.783. The van der Waals surface area contributed by atoms with Gasteiger partial charge in [-0.1, -0.05) is 19.3 Å². The van der Waals surface area contributed by atoms with Gasteiger partial charge in [-0.15, -0.1) is 0 Å². The molecular formula is C8H12Br2O. The Morgan fingerprint density at radius 1 is 1.18 bits per heavy atom. The maximum atomic E-state index is 9.91. The molecule has 0 aliphatic heterocycles. The van der Waals surface area contributed by atoms with Crippen LogP contribution in [0.5, 0.6) is 0 Å². The maximum absolute atomic E-state index is 9.91. The first-order valence-electron chi connectivity index (χ1n) is 3.89. The van der Waals surface area contributed by atoms with Gasteiger partial charge in [-0.25, -0.2) is 0 Å². The third-order valence-corrected chi connectivity index (χ3v) is 2.56. The molecule has 0 aromatic carbocycles. The summed E-state index contributed by atoms with van der Waals surface area (Å²) in [5.74, 6) is 0. The van der Waals surface area contributed by atoms with Crippen molar-refractivity contribution in [2.75, 3.05) is 0 Å². The van der Waals surface area contributed by atoms with Crippen LogP contribution < -0.4 is 0 Å². The summed E-state index contributed by atoms with van der Waals surface area (Å²) < 4.78 is 0.856. The van der Waals surface area contributed by atoms with Gasteiger partial charge in [0, 0.05) is 0 Å². The summed E-state index contributed by atoms with van der Waals surface area (Å²) in [7, 11) is 0. The number of hydrogen-bond donors (Lipinski definition) is 1. The van der Waals surface area contributed by atoms with E-state index in [0.717, 1.165) is 29.1 Å². The zero-order valence-electron chi connectivity index (χ0n) is 6.32. The molecule has 1 nitrogen and oxygen atoms in total. The van der Waals surface area contributed by atoms with Gasteiger partial charge in [0.15, 0.2) is 0 Å². The smallest absolute Gasteiger partial charge is 0.0846 e. The first-order valence-corrected chi connectivity index (χ1v) is 5.47. The molecule has 1 fully saturated rings. The van der Waals surface area contributed by atoms with Gasteiger partial charge >= 0.3 is 0 Å². The predicted octanol–water partition coefficient (Wildman–Crippen LogP) is 3.31. The molecule has 1 saturated carbocycles. The van der Waals surface area contributed by atoms with E-state index in [1.54, 1.807) is 0 Å². The largest absolute Gasteiger partial charge is 0.386 e. The third kappa shape index (κ3) is 3.26. The Morgan fingerprint density at radius 3 is 2.18 bits per heavy atom. The van der Waals surface area contributed by atoms with Crippen LogP contribution in [-0.2, 0) is 0 Å². The minimum atomic E-state index is -0.555. The highest BCUT2D eigenvalue weighted by atomic mass is 79.9. The van der Waals surface area contributed by atoms with Crippen molar-refractivity contribution < 1.29 is 5.11 Å². The topological polar surface area (TPSA) is 20.2 Å². The minimum Gasteiger partial charge on any atom is -0.386 e. The Balaban J connectivity index is 2.57. The number of aliphatic hydroxyl groups is 1. The van der Waals surface area contributed by atoms with Crippen LogP contribution >= 0.6 is 31.9 Å². The molecule has 0 unspecified atom stereocenters. The molecule has 1 aliphatic carbocycles. The lowest BCUT2D eigenvalue weighted by Gasteiger charge is -2.28. The highest BCUT2D eigenvalue weighted by Gasteiger charge is 2.26. The number of rotatable bonds is 1. The van der Waals surface area contributed by atoms with Crippen LogP contribution in [0, 0.1) is 0 Å². The zero-order chi connectivity index (χ0) is 8.32. The van der Waals surface area contributed by atoms with Crippen LogP contribution in [-0.4, -0.2) is 10.7 Å². The number of hydrogen-bond acceptors (Lipinski definition) is 1. The Hall–Kier alpha value is 0.660. The van der Waals surface area contributed by atoms with Gasteiger partial charge in [0.2, 0.25) is 0 Å². The lowest BCUT2D eigenvalue weighted by atomic mass is 9.85. The molecule has 11 heavy (non-hydrogen) atoms. The number of halogens is 2. The third-order valence-electron chi connectivity index (χ3n) is 2.10. The van der Waals surface area contributed by atoms with Crippen molar-refractivity contribution in [3.05, 3.63) is 9.47 Å². The molecule has 0 aromatic rings. The zero-order valence-corrected chi connectivity index (χ0v) is 9.49. The molecule has 0 spiro atoms. The van der Waals surface area contributed by atoms with E-state index in [9.17, 15) is 5.11 Å². The summed E-state index contributed by atoms with van der Waals surface area (Å²) in [6, 6.07) is 0. The molecule has 3 heteroatoms. The van der Waals surface area contributed by atoms with Gasteiger partial charge in [-0.2, -0.15) is 0 Å². The average Bonchev–Trinajstić information content (AvgIpc) is 1.85. The van der Waals surface area contributed by atoms with Crippen molar-refractivity contribution in [2.45, 2.75) is 37.7 Å². The van der Waals surface area contributed by atoms with Crippen molar-refractivity contribution in [3.63, 3.8) is 0 Å². The summed E-state index contributed by atoms with van der Waals surface area (Å²) >= 11 is 6.53. The van der Waals surface area contributed by atoms with E-state index in [-0.39, 0.29) is 0 Å². The van der Waals surface area contributed by atoms with Crippen molar-refractivity contribution >= 4 is 31.9 Å². The molecule has 0 saturated heterocycles. The van der Waals surface area contributed by atoms with Crippen LogP contribution in [0.25, 0.3) is 0 Å². The highest BCUT2D eigenvalue weighted by Crippen LogP contribution is 2.32. The standard InChI is InChI=1S/C8H12Br2O/c9-7(10)6-8(11)4-2-1-3-5-8/h6,11H,1-5H2. The first kappa shape index (κ1) is 9.75. The molecule has 0 heterocycles. The SMILES string of the molecule is OC1(C=C(Br)Br)CCCCC1. The Kier molecular flexibility index (Phi) is 3.59. The van der Waals surface area contributed by atoms with E-state index in [1.807, 2.05) is 6.08 Å². The molecule has 1 N–H and O–H groups in total. The fourth-order valence-corrected chi connectivity index (χ4v) is 2.36. The van der Waals surface area contributed by atoms with Crippen molar-refractivity contribution in [1.29, 1.82) is 0 Å². The second-order valence-corrected chi connectivity index (χ2v) is 5.87. The molecule has 1 aliphatic rings. The second kappa shape index (κ2) is 4.06. The van der Waals surface area contributed by atoms with E-state index < -0.39 is 5.60 Å². The molecule has 0 atom stereocenters. The molecule has 0 aromatic heterocycles. The predicted molar refractivity (Wildman–Crippen MR) is 54.0 cm³/mol. The average molecular weight is 284 g/mol. The summed E-state index contributed by atoms with van der Waals surface area (Å²) in [6.07, 6.45) is 7.18. The van der Waals surface area contributed by atoms with Crippen LogP contribution in [0.1, 0.15) is 32.1 Å². The van der Waals surface area contributed by atoms with Crippen LogP contribution in [0.4, 0.5) is 0 Å². The second-order valence-electron chi connectivity index (χ2n) is 3.10. The summed E-state index contributed by atoms with van der Waals surface area (Å²) in [5.41, 5.74) is -0.555. The van der Waals surface area contributed by atoms with E-state index in [0.29, 0.717) is 0 Å². The monoisotopic (exact) mass is 282 g/mol. The summed E-state index contributed by atoms with van der Waals surface area (Å²) in [4.78, 5) is 0. The Labute approximate surface area is 84.1 Å². The van der Waals surface area contributed by atoms with Gasteiger partial charge in [-0.05, 0) is 50.8 Å². The fraction of sp³-hybridized carbons (Fsp3) is 0.750. The van der Waals surface area contributed by atoms with Crippen molar-refractivity contribution in [3.8, 4) is 0 Å².